The summed E-state index contributed by atoms with van der Waals surface area (Å²) in [7, 11) is 0. The molecule has 2 aliphatic rings. The first-order valence-corrected chi connectivity index (χ1v) is 8.76. The van der Waals surface area contributed by atoms with Crippen LogP contribution < -0.4 is 4.90 Å². The molecule has 126 valence electrons. The van der Waals surface area contributed by atoms with Crippen LogP contribution in [0.25, 0.3) is 0 Å². The number of para-hydroxylation sites is 1. The van der Waals surface area contributed by atoms with Gasteiger partial charge in [-0.25, -0.2) is 4.98 Å². The van der Waals surface area contributed by atoms with E-state index in [2.05, 4.69) is 27.1 Å². The van der Waals surface area contributed by atoms with Crippen molar-refractivity contribution in [1.82, 2.24) is 19.7 Å². The molecule has 0 saturated carbocycles. The zero-order valence-corrected chi connectivity index (χ0v) is 13.8. The second kappa shape index (κ2) is 6.73. The minimum Gasteiger partial charge on any atom is -0.311 e. The van der Waals surface area contributed by atoms with Gasteiger partial charge in [0.2, 0.25) is 5.91 Å². The number of aromatic nitrogens is 3. The van der Waals surface area contributed by atoms with Crippen molar-refractivity contribution in [3.05, 3.63) is 42.5 Å². The highest BCUT2D eigenvalue weighted by Crippen LogP contribution is 2.28. The first-order chi connectivity index (χ1) is 11.8. The zero-order valence-electron chi connectivity index (χ0n) is 13.8. The summed E-state index contributed by atoms with van der Waals surface area (Å²) in [6.45, 7) is 3.10. The highest BCUT2D eigenvalue weighted by molar-refractivity contribution is 5.96. The Bertz CT molecular complexity index is 699. The summed E-state index contributed by atoms with van der Waals surface area (Å²) in [6.07, 6.45) is 7.78. The topological polar surface area (TPSA) is 54.3 Å². The van der Waals surface area contributed by atoms with Crippen molar-refractivity contribution < 1.29 is 4.79 Å². The number of amides is 1. The van der Waals surface area contributed by atoms with Crippen LogP contribution >= 0.6 is 0 Å². The molecule has 6 nitrogen and oxygen atoms in total. The molecule has 1 amide bonds. The molecule has 24 heavy (non-hydrogen) atoms. The number of rotatable bonds is 4. The number of likely N-dealkylation sites (tertiary alicyclic amines) is 1. The Balaban J connectivity index is 1.44. The molecule has 1 unspecified atom stereocenters. The van der Waals surface area contributed by atoms with E-state index >= 15 is 0 Å². The van der Waals surface area contributed by atoms with Crippen molar-refractivity contribution in [2.75, 3.05) is 24.5 Å². The van der Waals surface area contributed by atoms with E-state index in [-0.39, 0.29) is 5.91 Å². The van der Waals surface area contributed by atoms with Crippen LogP contribution in [-0.4, -0.2) is 51.2 Å². The van der Waals surface area contributed by atoms with Gasteiger partial charge in [0.05, 0.1) is 13.1 Å². The maximum atomic E-state index is 12.9. The average molecular weight is 325 g/mol. The lowest BCUT2D eigenvalue weighted by atomic mass is 10.0. The fraction of sp³-hybridized carbons (Fsp3) is 0.500. The minimum atomic E-state index is 0.213. The van der Waals surface area contributed by atoms with Gasteiger partial charge < -0.3 is 4.90 Å². The van der Waals surface area contributed by atoms with Gasteiger partial charge in [-0.15, -0.1) is 0 Å². The molecule has 4 rings (SSSR count). The van der Waals surface area contributed by atoms with E-state index in [1.165, 1.54) is 12.0 Å². The first kappa shape index (κ1) is 15.3. The number of anilines is 1. The van der Waals surface area contributed by atoms with Gasteiger partial charge in [-0.05, 0) is 37.4 Å². The predicted molar refractivity (Wildman–Crippen MR) is 91.7 cm³/mol. The number of fused-ring (bicyclic) bond motifs is 1. The maximum Gasteiger partial charge on any atom is 0.241 e. The summed E-state index contributed by atoms with van der Waals surface area (Å²) >= 11 is 0. The first-order valence-electron chi connectivity index (χ1n) is 8.76. The van der Waals surface area contributed by atoms with Crippen molar-refractivity contribution in [1.29, 1.82) is 0 Å². The van der Waals surface area contributed by atoms with E-state index in [1.54, 1.807) is 12.7 Å². The lowest BCUT2D eigenvalue weighted by Crippen LogP contribution is -2.48. The molecule has 1 aromatic heterocycles. The fourth-order valence-electron chi connectivity index (χ4n) is 3.87. The van der Waals surface area contributed by atoms with E-state index < -0.39 is 0 Å². The molecule has 1 aromatic carbocycles. The third-order valence-electron chi connectivity index (χ3n) is 5.14. The van der Waals surface area contributed by atoms with Crippen molar-refractivity contribution >= 4 is 11.6 Å². The van der Waals surface area contributed by atoms with Gasteiger partial charge in [0.25, 0.3) is 0 Å². The molecule has 1 fully saturated rings. The molecule has 0 radical (unpaired) electrons. The molecule has 6 heteroatoms. The number of piperidine rings is 1. The second-order valence-electron chi connectivity index (χ2n) is 6.66. The third kappa shape index (κ3) is 3.06. The summed E-state index contributed by atoms with van der Waals surface area (Å²) < 4.78 is 1.87. The minimum absolute atomic E-state index is 0.213. The lowest BCUT2D eigenvalue weighted by Gasteiger charge is -2.36. The Hall–Kier alpha value is -2.21. The lowest BCUT2D eigenvalue weighted by molar-refractivity contribution is -0.120. The SMILES string of the molecule is O=C(CN1CCCCC1Cn1cncn1)N1CCc2ccccc21. The van der Waals surface area contributed by atoms with Gasteiger partial charge in [-0.1, -0.05) is 24.6 Å². The molecule has 3 heterocycles. The normalized spacial score (nSPS) is 21.0. The molecule has 0 spiro atoms. The van der Waals surface area contributed by atoms with Crippen LogP contribution in [0.1, 0.15) is 24.8 Å². The summed E-state index contributed by atoms with van der Waals surface area (Å²) in [4.78, 5) is 21.2. The highest BCUT2D eigenvalue weighted by Gasteiger charge is 2.29. The Morgan fingerprint density at radius 3 is 3.00 bits per heavy atom. The van der Waals surface area contributed by atoms with Gasteiger partial charge in [-0.2, -0.15) is 5.10 Å². The van der Waals surface area contributed by atoms with Crippen molar-refractivity contribution in [3.63, 3.8) is 0 Å². The monoisotopic (exact) mass is 325 g/mol. The highest BCUT2D eigenvalue weighted by atomic mass is 16.2. The predicted octanol–water partition coefficient (Wildman–Crippen LogP) is 1.72. The molecule has 0 bridgehead atoms. The van der Waals surface area contributed by atoms with Crippen molar-refractivity contribution in [2.24, 2.45) is 0 Å². The number of hydrogen-bond acceptors (Lipinski definition) is 4. The summed E-state index contributed by atoms with van der Waals surface area (Å²) in [6, 6.07) is 8.60. The number of carbonyl (C=O) groups excluding carboxylic acids is 1. The number of nitrogens with zero attached hydrogens (tertiary/aromatic N) is 5. The summed E-state index contributed by atoms with van der Waals surface area (Å²) in [5.74, 6) is 0.213. The van der Waals surface area contributed by atoms with Gasteiger partial charge in [0.15, 0.2) is 0 Å². The molecular formula is C18H23N5O. The Morgan fingerprint density at radius 2 is 2.12 bits per heavy atom. The van der Waals surface area contributed by atoms with E-state index in [1.807, 2.05) is 21.7 Å². The number of hydrogen-bond donors (Lipinski definition) is 0. The van der Waals surface area contributed by atoms with Crippen molar-refractivity contribution in [2.45, 2.75) is 38.3 Å². The van der Waals surface area contributed by atoms with Gasteiger partial charge >= 0.3 is 0 Å². The van der Waals surface area contributed by atoms with Crippen molar-refractivity contribution in [3.8, 4) is 0 Å². The van der Waals surface area contributed by atoms with Gasteiger partial charge in [-0.3, -0.25) is 14.4 Å². The number of carbonyl (C=O) groups is 1. The van der Waals surface area contributed by atoms with Crippen LogP contribution in [0.2, 0.25) is 0 Å². The van der Waals surface area contributed by atoms with Crippen LogP contribution in [0.15, 0.2) is 36.9 Å². The smallest absolute Gasteiger partial charge is 0.241 e. The molecule has 2 aromatic rings. The van der Waals surface area contributed by atoms with Crippen LogP contribution in [0.3, 0.4) is 0 Å². The number of benzene rings is 1. The van der Waals surface area contributed by atoms with Crippen LogP contribution in [0.4, 0.5) is 5.69 Å². The second-order valence-corrected chi connectivity index (χ2v) is 6.66. The molecule has 2 aliphatic heterocycles. The molecule has 0 aliphatic carbocycles. The molecule has 0 N–H and O–H groups in total. The molecule has 1 atom stereocenters. The summed E-state index contributed by atoms with van der Waals surface area (Å²) in [5, 5.41) is 4.21. The largest absolute Gasteiger partial charge is 0.311 e. The van der Waals surface area contributed by atoms with Crippen LogP contribution in [0.5, 0.6) is 0 Å². The van der Waals surface area contributed by atoms with Gasteiger partial charge in [0, 0.05) is 18.3 Å². The third-order valence-corrected chi connectivity index (χ3v) is 5.14. The van der Waals surface area contributed by atoms with Crippen LogP contribution in [0, 0.1) is 0 Å². The Kier molecular flexibility index (Phi) is 4.30. The van der Waals surface area contributed by atoms with Crippen LogP contribution in [-0.2, 0) is 17.8 Å². The van der Waals surface area contributed by atoms with E-state index in [4.69, 9.17) is 0 Å². The zero-order chi connectivity index (χ0) is 16.4. The van der Waals surface area contributed by atoms with E-state index in [0.717, 1.165) is 44.6 Å². The average Bonchev–Trinajstić information content (AvgIpc) is 3.26. The maximum absolute atomic E-state index is 12.9. The van der Waals surface area contributed by atoms with E-state index in [9.17, 15) is 4.79 Å². The molecular weight excluding hydrogens is 302 g/mol. The van der Waals surface area contributed by atoms with Gasteiger partial charge in [0.1, 0.15) is 12.7 Å². The Morgan fingerprint density at radius 1 is 1.21 bits per heavy atom. The quantitative estimate of drug-likeness (QED) is 0.859. The summed E-state index contributed by atoms with van der Waals surface area (Å²) in [5.41, 5.74) is 2.37. The standard InChI is InChI=1S/C18H23N5O/c24-18(23-10-8-15-5-1-2-7-17(15)23)12-21-9-4-3-6-16(21)11-22-14-19-13-20-22/h1-2,5,7,13-14,16H,3-4,6,8-12H2. The fourth-order valence-corrected chi connectivity index (χ4v) is 3.87. The van der Waals surface area contributed by atoms with E-state index in [0.29, 0.717) is 12.6 Å². The molecule has 1 saturated heterocycles. The Labute approximate surface area is 142 Å².